The lowest BCUT2D eigenvalue weighted by Gasteiger charge is -2.31. The molecule has 0 atom stereocenters. The van der Waals surface area contributed by atoms with Crippen molar-refractivity contribution < 1.29 is 4.79 Å². The average molecular weight is 423 g/mol. The molecule has 2 aromatic rings. The van der Waals surface area contributed by atoms with Crippen LogP contribution in [0, 0.1) is 0 Å². The smallest absolute Gasteiger partial charge is 0.273 e. The van der Waals surface area contributed by atoms with Crippen LogP contribution in [0.4, 0.5) is 0 Å². The monoisotopic (exact) mass is 421 g/mol. The fraction of sp³-hybridized carbons (Fsp3) is 0.429. The van der Waals surface area contributed by atoms with Crippen LogP contribution in [0.2, 0.25) is 0 Å². The quantitative estimate of drug-likeness (QED) is 0.816. The highest BCUT2D eigenvalue weighted by molar-refractivity contribution is 9.11. The molecule has 1 fully saturated rings. The standard InChI is InChI=1S/C14H16BrN3OS2.ClH/c1-16-9-4-6-18(7-5-9)14(19)10-8-20-13(17-10)11-2-3-12(15)21-11;/h2-3,8-9,16H,4-7H2,1H3;1H. The van der Waals surface area contributed by atoms with Gasteiger partial charge in [0, 0.05) is 24.5 Å². The number of carbonyl (C=O) groups excluding carboxylic acids is 1. The number of likely N-dealkylation sites (tertiary alicyclic amines) is 1. The zero-order valence-corrected chi connectivity index (χ0v) is 16.1. The first-order valence-corrected chi connectivity index (χ1v) is 9.34. The van der Waals surface area contributed by atoms with Gasteiger partial charge in [-0.05, 0) is 48.0 Å². The fourth-order valence-electron chi connectivity index (χ4n) is 2.45. The summed E-state index contributed by atoms with van der Waals surface area (Å²) in [5.74, 6) is 0.0580. The van der Waals surface area contributed by atoms with Crippen LogP contribution >= 0.6 is 51.0 Å². The number of aromatic nitrogens is 1. The van der Waals surface area contributed by atoms with E-state index in [2.05, 4.69) is 26.2 Å². The van der Waals surface area contributed by atoms with Crippen molar-refractivity contribution in [3.63, 3.8) is 0 Å². The highest BCUT2D eigenvalue weighted by Crippen LogP contribution is 2.33. The molecule has 120 valence electrons. The van der Waals surface area contributed by atoms with Gasteiger partial charge in [-0.3, -0.25) is 4.79 Å². The minimum absolute atomic E-state index is 0. The van der Waals surface area contributed by atoms with E-state index < -0.39 is 0 Å². The van der Waals surface area contributed by atoms with E-state index in [4.69, 9.17) is 0 Å². The van der Waals surface area contributed by atoms with E-state index in [0.717, 1.165) is 39.6 Å². The first-order valence-electron chi connectivity index (χ1n) is 6.85. The summed E-state index contributed by atoms with van der Waals surface area (Å²) in [6.07, 6.45) is 2.02. The van der Waals surface area contributed by atoms with Crippen LogP contribution in [0.25, 0.3) is 9.88 Å². The Morgan fingerprint density at radius 3 is 2.73 bits per heavy atom. The number of thiazole rings is 1. The van der Waals surface area contributed by atoms with Crippen molar-refractivity contribution in [1.82, 2.24) is 15.2 Å². The van der Waals surface area contributed by atoms with Crippen molar-refractivity contribution >= 4 is 56.9 Å². The number of halogens is 2. The topological polar surface area (TPSA) is 45.2 Å². The number of rotatable bonds is 3. The van der Waals surface area contributed by atoms with Crippen LogP contribution < -0.4 is 5.32 Å². The molecule has 3 heterocycles. The van der Waals surface area contributed by atoms with Gasteiger partial charge >= 0.3 is 0 Å². The van der Waals surface area contributed by atoms with Gasteiger partial charge in [-0.2, -0.15) is 0 Å². The van der Waals surface area contributed by atoms with Gasteiger partial charge in [-0.15, -0.1) is 35.1 Å². The van der Waals surface area contributed by atoms with E-state index in [9.17, 15) is 4.79 Å². The Morgan fingerprint density at radius 1 is 1.41 bits per heavy atom. The number of hydrogen-bond acceptors (Lipinski definition) is 5. The molecule has 0 saturated carbocycles. The zero-order valence-electron chi connectivity index (χ0n) is 12.0. The van der Waals surface area contributed by atoms with Gasteiger partial charge in [-0.25, -0.2) is 4.98 Å². The minimum atomic E-state index is 0. The largest absolute Gasteiger partial charge is 0.337 e. The number of amides is 1. The number of nitrogens with zero attached hydrogens (tertiary/aromatic N) is 2. The van der Waals surface area contributed by atoms with Crippen LogP contribution in [-0.4, -0.2) is 42.0 Å². The maximum absolute atomic E-state index is 12.5. The third-order valence-electron chi connectivity index (χ3n) is 3.70. The summed E-state index contributed by atoms with van der Waals surface area (Å²) in [6.45, 7) is 1.61. The molecule has 2 aromatic heterocycles. The molecule has 1 amide bonds. The molecule has 1 N–H and O–H groups in total. The Bertz CT molecular complexity index is 638. The SMILES string of the molecule is CNC1CCN(C(=O)c2csc(-c3ccc(Br)s3)n2)CC1.Cl. The average Bonchev–Trinajstić information content (AvgIpc) is 3.15. The van der Waals surface area contributed by atoms with Crippen LogP contribution in [0.15, 0.2) is 21.3 Å². The summed E-state index contributed by atoms with van der Waals surface area (Å²) in [6, 6.07) is 4.56. The third kappa shape index (κ3) is 3.89. The molecule has 4 nitrogen and oxygen atoms in total. The second-order valence-electron chi connectivity index (χ2n) is 5.00. The van der Waals surface area contributed by atoms with Crippen molar-refractivity contribution in [3.05, 3.63) is 27.0 Å². The van der Waals surface area contributed by atoms with E-state index >= 15 is 0 Å². The Hall–Kier alpha value is -0.470. The summed E-state index contributed by atoms with van der Waals surface area (Å²) in [4.78, 5) is 20.0. The second-order valence-corrected chi connectivity index (χ2v) is 8.32. The van der Waals surface area contributed by atoms with E-state index in [1.54, 1.807) is 11.3 Å². The molecule has 0 unspecified atom stereocenters. The van der Waals surface area contributed by atoms with Crippen molar-refractivity contribution in [2.75, 3.05) is 20.1 Å². The van der Waals surface area contributed by atoms with Gasteiger partial charge < -0.3 is 10.2 Å². The normalized spacial score (nSPS) is 15.6. The Balaban J connectivity index is 0.00000176. The molecular formula is C14H17BrClN3OS2. The molecule has 0 radical (unpaired) electrons. The van der Waals surface area contributed by atoms with Gasteiger partial charge in [0.1, 0.15) is 10.7 Å². The van der Waals surface area contributed by atoms with Gasteiger partial charge in [0.15, 0.2) is 0 Å². The summed E-state index contributed by atoms with van der Waals surface area (Å²) in [7, 11) is 1.98. The van der Waals surface area contributed by atoms with Crippen molar-refractivity contribution in [1.29, 1.82) is 0 Å². The zero-order chi connectivity index (χ0) is 14.8. The first-order chi connectivity index (χ1) is 10.2. The van der Waals surface area contributed by atoms with E-state index in [0.29, 0.717) is 11.7 Å². The predicted octanol–water partition coefficient (Wildman–Crippen LogP) is 3.88. The predicted molar refractivity (Wildman–Crippen MR) is 98.4 cm³/mol. The Labute approximate surface area is 152 Å². The highest BCUT2D eigenvalue weighted by Gasteiger charge is 2.24. The lowest BCUT2D eigenvalue weighted by atomic mass is 10.1. The Kier molecular flexibility index (Phi) is 6.40. The number of nitrogens with one attached hydrogen (secondary N) is 1. The number of carbonyl (C=O) groups is 1. The molecular weight excluding hydrogens is 406 g/mol. The Morgan fingerprint density at radius 2 is 2.14 bits per heavy atom. The maximum Gasteiger partial charge on any atom is 0.273 e. The van der Waals surface area contributed by atoms with Crippen molar-refractivity contribution in [2.24, 2.45) is 0 Å². The van der Waals surface area contributed by atoms with Gasteiger partial charge in [0.05, 0.1) is 8.66 Å². The molecule has 1 aliphatic rings. The second kappa shape index (κ2) is 7.88. The summed E-state index contributed by atoms with van der Waals surface area (Å²) in [5, 5.41) is 6.06. The fourth-order valence-corrected chi connectivity index (χ4v) is 4.70. The minimum Gasteiger partial charge on any atom is -0.337 e. The van der Waals surface area contributed by atoms with Crippen molar-refractivity contribution in [3.8, 4) is 9.88 Å². The summed E-state index contributed by atoms with van der Waals surface area (Å²) >= 11 is 6.62. The lowest BCUT2D eigenvalue weighted by Crippen LogP contribution is -2.44. The molecule has 0 spiro atoms. The third-order valence-corrected chi connectivity index (χ3v) is 6.33. The van der Waals surface area contributed by atoms with Gasteiger partial charge in [0.25, 0.3) is 5.91 Å². The van der Waals surface area contributed by atoms with E-state index in [-0.39, 0.29) is 18.3 Å². The van der Waals surface area contributed by atoms with Crippen LogP contribution in [0.5, 0.6) is 0 Å². The van der Waals surface area contributed by atoms with Crippen LogP contribution in [-0.2, 0) is 0 Å². The molecule has 0 aromatic carbocycles. The molecule has 8 heteroatoms. The number of hydrogen-bond donors (Lipinski definition) is 1. The molecule has 1 aliphatic heterocycles. The van der Waals surface area contributed by atoms with Crippen LogP contribution in [0.1, 0.15) is 23.3 Å². The molecule has 3 rings (SSSR count). The van der Waals surface area contributed by atoms with Crippen LogP contribution in [0.3, 0.4) is 0 Å². The molecule has 22 heavy (non-hydrogen) atoms. The molecule has 0 bridgehead atoms. The molecule has 1 saturated heterocycles. The number of thiophene rings is 1. The lowest BCUT2D eigenvalue weighted by molar-refractivity contribution is 0.0702. The van der Waals surface area contributed by atoms with Crippen molar-refractivity contribution in [2.45, 2.75) is 18.9 Å². The molecule has 0 aliphatic carbocycles. The maximum atomic E-state index is 12.5. The summed E-state index contributed by atoms with van der Waals surface area (Å²) < 4.78 is 1.08. The first kappa shape index (κ1) is 17.9. The summed E-state index contributed by atoms with van der Waals surface area (Å²) in [5.41, 5.74) is 0.572. The highest BCUT2D eigenvalue weighted by atomic mass is 79.9. The van der Waals surface area contributed by atoms with Gasteiger partial charge in [-0.1, -0.05) is 0 Å². The number of piperidine rings is 1. The van der Waals surface area contributed by atoms with Gasteiger partial charge in [0.2, 0.25) is 0 Å². The van der Waals surface area contributed by atoms with E-state index in [1.807, 2.05) is 29.5 Å². The van der Waals surface area contributed by atoms with E-state index in [1.165, 1.54) is 11.3 Å².